The Morgan fingerprint density at radius 2 is 2.23 bits per heavy atom. The van der Waals surface area contributed by atoms with E-state index in [-0.39, 0.29) is 5.97 Å². The lowest BCUT2D eigenvalue weighted by Crippen LogP contribution is -2.04. The highest BCUT2D eigenvalue weighted by Gasteiger charge is 2.04. The maximum Gasteiger partial charge on any atom is 0.308 e. The minimum absolute atomic E-state index is 0.306. The van der Waals surface area contributed by atoms with Gasteiger partial charge >= 0.3 is 5.97 Å². The molecule has 0 atom stereocenters. The predicted molar refractivity (Wildman–Crippen MR) is 51.5 cm³/mol. The zero-order chi connectivity index (χ0) is 9.84. The lowest BCUT2D eigenvalue weighted by atomic mass is 10.1. The molecule has 0 aliphatic carbocycles. The van der Waals surface area contributed by atoms with Crippen molar-refractivity contribution in [3.8, 4) is 5.75 Å². The molecule has 0 aliphatic rings. The Labute approximate surface area is 77.5 Å². The second kappa shape index (κ2) is 3.94. The van der Waals surface area contributed by atoms with Gasteiger partial charge < -0.3 is 10.5 Å². The second-order valence-electron chi connectivity index (χ2n) is 2.81. The zero-order valence-electron chi connectivity index (χ0n) is 7.83. The van der Waals surface area contributed by atoms with E-state index in [1.165, 1.54) is 6.92 Å². The highest BCUT2D eigenvalue weighted by Crippen LogP contribution is 2.21. The number of nitrogens with two attached hydrogens (primary N) is 1. The van der Waals surface area contributed by atoms with Gasteiger partial charge in [-0.3, -0.25) is 4.79 Å². The lowest BCUT2D eigenvalue weighted by Gasteiger charge is -2.07. The summed E-state index contributed by atoms with van der Waals surface area (Å²) in [6.45, 7) is 3.37. The predicted octanol–water partition coefficient (Wildman–Crippen LogP) is 1.76. The number of anilines is 1. The average molecular weight is 179 g/mol. The van der Waals surface area contributed by atoms with Crippen molar-refractivity contribution >= 4 is 11.7 Å². The summed E-state index contributed by atoms with van der Waals surface area (Å²) in [5.74, 6) is 0.295. The largest absolute Gasteiger partial charge is 0.426 e. The van der Waals surface area contributed by atoms with Crippen molar-refractivity contribution in [2.45, 2.75) is 20.3 Å². The molecule has 0 spiro atoms. The molecule has 1 rings (SSSR count). The van der Waals surface area contributed by atoms with Gasteiger partial charge in [0.1, 0.15) is 5.75 Å². The normalized spacial score (nSPS) is 9.69. The van der Waals surface area contributed by atoms with Gasteiger partial charge in [0.15, 0.2) is 0 Å². The van der Waals surface area contributed by atoms with Gasteiger partial charge in [0, 0.05) is 12.6 Å². The number of hydrogen-bond donors (Lipinski definition) is 1. The van der Waals surface area contributed by atoms with E-state index in [1.54, 1.807) is 12.1 Å². The number of carbonyl (C=O) groups excluding carboxylic acids is 1. The molecule has 2 N–H and O–H groups in total. The van der Waals surface area contributed by atoms with Crippen LogP contribution in [-0.2, 0) is 11.2 Å². The van der Waals surface area contributed by atoms with E-state index in [4.69, 9.17) is 10.5 Å². The van der Waals surface area contributed by atoms with E-state index in [2.05, 4.69) is 0 Å². The van der Waals surface area contributed by atoms with E-state index in [0.29, 0.717) is 11.4 Å². The number of aryl methyl sites for hydroxylation is 1. The van der Waals surface area contributed by atoms with Crippen LogP contribution in [0, 0.1) is 0 Å². The number of rotatable bonds is 2. The van der Waals surface area contributed by atoms with E-state index >= 15 is 0 Å². The van der Waals surface area contributed by atoms with Crippen LogP contribution in [0.1, 0.15) is 19.4 Å². The van der Waals surface area contributed by atoms with E-state index in [0.717, 1.165) is 12.0 Å². The summed E-state index contributed by atoms with van der Waals surface area (Å²) >= 11 is 0. The molecular weight excluding hydrogens is 166 g/mol. The van der Waals surface area contributed by atoms with Gasteiger partial charge in [-0.1, -0.05) is 6.92 Å². The molecule has 0 saturated heterocycles. The molecule has 3 heteroatoms. The highest BCUT2D eigenvalue weighted by atomic mass is 16.5. The van der Waals surface area contributed by atoms with Crippen LogP contribution in [0.2, 0.25) is 0 Å². The van der Waals surface area contributed by atoms with Crippen LogP contribution in [0.3, 0.4) is 0 Å². The SMILES string of the molecule is CCc1cc(N)ccc1OC(C)=O. The van der Waals surface area contributed by atoms with Gasteiger partial charge in [-0.15, -0.1) is 0 Å². The first-order valence-electron chi connectivity index (χ1n) is 4.20. The molecule has 3 nitrogen and oxygen atoms in total. The van der Waals surface area contributed by atoms with Crippen molar-refractivity contribution in [2.24, 2.45) is 0 Å². The smallest absolute Gasteiger partial charge is 0.308 e. The third-order valence-electron chi connectivity index (χ3n) is 1.72. The Balaban J connectivity index is 2.99. The summed E-state index contributed by atoms with van der Waals surface area (Å²) in [6, 6.07) is 5.26. The molecule has 0 amide bonds. The number of ether oxygens (including phenoxy) is 1. The molecular formula is C10H13NO2. The molecule has 1 aromatic carbocycles. The first kappa shape index (κ1) is 9.58. The molecule has 0 bridgehead atoms. The number of carbonyl (C=O) groups is 1. The fourth-order valence-electron chi connectivity index (χ4n) is 1.13. The Kier molecular flexibility index (Phi) is 2.90. The molecule has 0 radical (unpaired) electrons. The van der Waals surface area contributed by atoms with E-state index in [9.17, 15) is 4.79 Å². The molecule has 0 aliphatic heterocycles. The molecule has 0 aromatic heterocycles. The van der Waals surface area contributed by atoms with Crippen molar-refractivity contribution in [3.05, 3.63) is 23.8 Å². The van der Waals surface area contributed by atoms with Gasteiger partial charge in [0.2, 0.25) is 0 Å². The molecule has 0 saturated carbocycles. The Bertz CT molecular complexity index is 321. The van der Waals surface area contributed by atoms with Crippen LogP contribution < -0.4 is 10.5 Å². The molecule has 13 heavy (non-hydrogen) atoms. The van der Waals surface area contributed by atoms with Crippen LogP contribution in [0.25, 0.3) is 0 Å². The van der Waals surface area contributed by atoms with Crippen molar-refractivity contribution < 1.29 is 9.53 Å². The molecule has 1 aromatic rings. The minimum Gasteiger partial charge on any atom is -0.426 e. The topological polar surface area (TPSA) is 52.3 Å². The third-order valence-corrected chi connectivity index (χ3v) is 1.72. The number of benzene rings is 1. The molecule has 0 heterocycles. The highest BCUT2D eigenvalue weighted by molar-refractivity contribution is 5.70. The standard InChI is InChI=1S/C10H13NO2/c1-3-8-6-9(11)4-5-10(8)13-7(2)12/h4-6H,3,11H2,1-2H3. The summed E-state index contributed by atoms with van der Waals surface area (Å²) in [4.78, 5) is 10.7. The van der Waals surface area contributed by atoms with E-state index in [1.807, 2.05) is 13.0 Å². The maximum atomic E-state index is 10.7. The van der Waals surface area contributed by atoms with Crippen molar-refractivity contribution in [1.82, 2.24) is 0 Å². The first-order valence-corrected chi connectivity index (χ1v) is 4.20. The van der Waals surface area contributed by atoms with E-state index < -0.39 is 0 Å². The van der Waals surface area contributed by atoms with Crippen molar-refractivity contribution in [2.75, 3.05) is 5.73 Å². The molecule has 70 valence electrons. The fourth-order valence-corrected chi connectivity index (χ4v) is 1.13. The maximum absolute atomic E-state index is 10.7. The summed E-state index contributed by atoms with van der Waals surface area (Å²) in [5.41, 5.74) is 7.24. The minimum atomic E-state index is -0.306. The van der Waals surface area contributed by atoms with Crippen LogP contribution in [0.15, 0.2) is 18.2 Å². The fraction of sp³-hybridized carbons (Fsp3) is 0.300. The third kappa shape index (κ3) is 2.47. The Morgan fingerprint density at radius 3 is 2.77 bits per heavy atom. The Morgan fingerprint density at radius 1 is 1.54 bits per heavy atom. The molecule has 0 unspecified atom stereocenters. The summed E-state index contributed by atoms with van der Waals surface area (Å²) in [5, 5.41) is 0. The van der Waals surface area contributed by atoms with Crippen LogP contribution in [0.4, 0.5) is 5.69 Å². The van der Waals surface area contributed by atoms with Gasteiger partial charge in [0.25, 0.3) is 0 Å². The van der Waals surface area contributed by atoms with Gasteiger partial charge in [-0.25, -0.2) is 0 Å². The van der Waals surface area contributed by atoms with Crippen molar-refractivity contribution in [1.29, 1.82) is 0 Å². The average Bonchev–Trinajstić information content (AvgIpc) is 2.07. The van der Waals surface area contributed by atoms with Gasteiger partial charge in [-0.05, 0) is 30.2 Å². The van der Waals surface area contributed by atoms with Crippen LogP contribution >= 0.6 is 0 Å². The summed E-state index contributed by atoms with van der Waals surface area (Å²) < 4.78 is 5.00. The van der Waals surface area contributed by atoms with Crippen LogP contribution in [0.5, 0.6) is 5.75 Å². The second-order valence-corrected chi connectivity index (χ2v) is 2.81. The zero-order valence-corrected chi connectivity index (χ0v) is 7.83. The van der Waals surface area contributed by atoms with Crippen LogP contribution in [-0.4, -0.2) is 5.97 Å². The van der Waals surface area contributed by atoms with Crippen molar-refractivity contribution in [3.63, 3.8) is 0 Å². The van der Waals surface area contributed by atoms with Gasteiger partial charge in [-0.2, -0.15) is 0 Å². The number of hydrogen-bond acceptors (Lipinski definition) is 3. The van der Waals surface area contributed by atoms with Gasteiger partial charge in [0.05, 0.1) is 0 Å². The Hall–Kier alpha value is -1.51. The first-order chi connectivity index (χ1) is 6.13. The number of nitrogen functional groups attached to an aromatic ring is 1. The number of esters is 1. The summed E-state index contributed by atoms with van der Waals surface area (Å²) in [7, 11) is 0. The molecule has 0 fully saturated rings. The monoisotopic (exact) mass is 179 g/mol. The quantitative estimate of drug-likeness (QED) is 0.427. The summed E-state index contributed by atoms with van der Waals surface area (Å²) in [6.07, 6.45) is 0.799. The lowest BCUT2D eigenvalue weighted by molar-refractivity contribution is -0.131.